The molecule has 0 spiro atoms. The molecule has 1 aliphatic heterocycles. The van der Waals surface area contributed by atoms with Crippen LogP contribution in [-0.4, -0.2) is 57.8 Å². The van der Waals surface area contributed by atoms with Crippen molar-refractivity contribution in [2.45, 2.75) is 19.3 Å². The molecule has 4 nitrogen and oxygen atoms in total. The Morgan fingerprint density at radius 2 is 1.76 bits per heavy atom. The lowest BCUT2D eigenvalue weighted by molar-refractivity contribution is 0.229. The maximum absolute atomic E-state index is 3.87. The van der Waals surface area contributed by atoms with E-state index in [1.807, 2.05) is 7.05 Å². The second-order valence-corrected chi connectivity index (χ2v) is 4.68. The summed E-state index contributed by atoms with van der Waals surface area (Å²) < 4.78 is 0. The summed E-state index contributed by atoms with van der Waals surface area (Å²) in [5, 5.41) is 9.83. The smallest absolute Gasteiger partial charge is 0.0348 e. The van der Waals surface area contributed by atoms with Crippen molar-refractivity contribution in [3.05, 3.63) is 12.3 Å². The van der Waals surface area contributed by atoms with E-state index >= 15 is 0 Å². The number of nitrogens with zero attached hydrogens (tertiary/aromatic N) is 1. The van der Waals surface area contributed by atoms with Crippen LogP contribution >= 0.6 is 0 Å². The molecule has 0 saturated carbocycles. The molecule has 1 rings (SSSR count). The summed E-state index contributed by atoms with van der Waals surface area (Å²) in [6.07, 6.45) is 4.19. The molecule has 0 aromatic carbocycles. The molecule has 0 aliphatic carbocycles. The molecular formula is C13H28N4. The van der Waals surface area contributed by atoms with E-state index in [0.29, 0.717) is 0 Å². The molecule has 0 radical (unpaired) electrons. The van der Waals surface area contributed by atoms with Gasteiger partial charge in [0.1, 0.15) is 0 Å². The second-order valence-electron chi connectivity index (χ2n) is 4.68. The summed E-state index contributed by atoms with van der Waals surface area (Å²) in [6, 6.07) is 0. The summed E-state index contributed by atoms with van der Waals surface area (Å²) in [5.41, 5.74) is 1.04. The molecule has 1 heterocycles. The summed E-state index contributed by atoms with van der Waals surface area (Å²) in [6.45, 7) is 11.6. The van der Waals surface area contributed by atoms with E-state index in [9.17, 15) is 0 Å². The lowest BCUT2D eigenvalue weighted by Crippen LogP contribution is -2.38. The Labute approximate surface area is 106 Å². The highest BCUT2D eigenvalue weighted by molar-refractivity contribution is 4.91. The Kier molecular flexibility index (Phi) is 8.05. The number of piperidine rings is 1. The summed E-state index contributed by atoms with van der Waals surface area (Å²) in [4.78, 5) is 2.56. The minimum Gasteiger partial charge on any atom is -0.391 e. The SMILES string of the molecule is C=C(CNCCNCCN1CCCCC1)NC. The first-order chi connectivity index (χ1) is 8.33. The standard InChI is InChI=1S/C13H28N4/c1-13(14-2)12-16-7-6-15-8-11-17-9-4-3-5-10-17/h14-16H,1,3-12H2,2H3. The van der Waals surface area contributed by atoms with Gasteiger partial charge in [-0.05, 0) is 25.9 Å². The first-order valence-electron chi connectivity index (χ1n) is 6.82. The molecule has 17 heavy (non-hydrogen) atoms. The number of hydrogen-bond donors (Lipinski definition) is 3. The molecular weight excluding hydrogens is 212 g/mol. The van der Waals surface area contributed by atoms with Crippen molar-refractivity contribution in [3.63, 3.8) is 0 Å². The summed E-state index contributed by atoms with van der Waals surface area (Å²) in [5.74, 6) is 0. The van der Waals surface area contributed by atoms with E-state index in [-0.39, 0.29) is 0 Å². The van der Waals surface area contributed by atoms with Crippen LogP contribution in [0.1, 0.15) is 19.3 Å². The molecule has 0 unspecified atom stereocenters. The average Bonchev–Trinajstić information content (AvgIpc) is 2.38. The van der Waals surface area contributed by atoms with Crippen molar-refractivity contribution in [3.8, 4) is 0 Å². The van der Waals surface area contributed by atoms with Crippen molar-refractivity contribution in [2.75, 3.05) is 52.9 Å². The maximum Gasteiger partial charge on any atom is 0.0348 e. The van der Waals surface area contributed by atoms with Gasteiger partial charge in [0.05, 0.1) is 0 Å². The van der Waals surface area contributed by atoms with Gasteiger partial charge in [0.2, 0.25) is 0 Å². The van der Waals surface area contributed by atoms with Gasteiger partial charge in [-0.3, -0.25) is 0 Å². The highest BCUT2D eigenvalue weighted by Gasteiger charge is 2.08. The number of likely N-dealkylation sites (N-methyl/N-ethyl adjacent to an activating group) is 1. The minimum atomic E-state index is 0.851. The zero-order chi connectivity index (χ0) is 12.3. The van der Waals surface area contributed by atoms with Crippen LogP contribution in [0.15, 0.2) is 12.3 Å². The average molecular weight is 240 g/mol. The minimum absolute atomic E-state index is 0.851. The van der Waals surface area contributed by atoms with Crippen molar-refractivity contribution < 1.29 is 0 Å². The van der Waals surface area contributed by atoms with Gasteiger partial charge in [0, 0.05) is 45.5 Å². The van der Waals surface area contributed by atoms with E-state index in [1.165, 1.54) is 38.9 Å². The van der Waals surface area contributed by atoms with E-state index in [0.717, 1.165) is 31.9 Å². The largest absolute Gasteiger partial charge is 0.391 e. The molecule has 1 saturated heterocycles. The molecule has 0 aromatic heterocycles. The molecule has 0 aromatic rings. The van der Waals surface area contributed by atoms with E-state index in [4.69, 9.17) is 0 Å². The number of rotatable bonds is 9. The van der Waals surface area contributed by atoms with Crippen molar-refractivity contribution in [1.29, 1.82) is 0 Å². The fourth-order valence-electron chi connectivity index (χ4n) is 2.05. The highest BCUT2D eigenvalue weighted by atomic mass is 15.1. The normalized spacial score (nSPS) is 17.0. The zero-order valence-electron chi connectivity index (χ0n) is 11.2. The first kappa shape index (κ1) is 14.5. The van der Waals surface area contributed by atoms with Crippen LogP contribution in [0.4, 0.5) is 0 Å². The third-order valence-corrected chi connectivity index (χ3v) is 3.22. The monoisotopic (exact) mass is 240 g/mol. The van der Waals surface area contributed by atoms with Gasteiger partial charge in [0.15, 0.2) is 0 Å². The van der Waals surface area contributed by atoms with E-state index in [1.54, 1.807) is 0 Å². The quantitative estimate of drug-likeness (QED) is 0.510. The van der Waals surface area contributed by atoms with Gasteiger partial charge in [-0.25, -0.2) is 0 Å². The third kappa shape index (κ3) is 7.36. The van der Waals surface area contributed by atoms with Crippen LogP contribution in [0.3, 0.4) is 0 Å². The van der Waals surface area contributed by atoms with Crippen LogP contribution in [0.2, 0.25) is 0 Å². The topological polar surface area (TPSA) is 39.3 Å². The molecule has 0 bridgehead atoms. The summed E-state index contributed by atoms with van der Waals surface area (Å²) in [7, 11) is 1.90. The molecule has 100 valence electrons. The maximum atomic E-state index is 3.87. The lowest BCUT2D eigenvalue weighted by atomic mass is 10.1. The summed E-state index contributed by atoms with van der Waals surface area (Å²) >= 11 is 0. The van der Waals surface area contributed by atoms with Gasteiger partial charge >= 0.3 is 0 Å². The van der Waals surface area contributed by atoms with Crippen LogP contribution in [0.25, 0.3) is 0 Å². The predicted molar refractivity (Wildman–Crippen MR) is 74.2 cm³/mol. The molecule has 0 amide bonds. The fourth-order valence-corrected chi connectivity index (χ4v) is 2.05. The molecule has 1 aliphatic rings. The highest BCUT2D eigenvalue weighted by Crippen LogP contribution is 2.06. The number of nitrogens with one attached hydrogen (secondary N) is 3. The fraction of sp³-hybridized carbons (Fsp3) is 0.846. The third-order valence-electron chi connectivity index (χ3n) is 3.22. The Balaban J connectivity index is 1.82. The van der Waals surface area contributed by atoms with E-state index < -0.39 is 0 Å². The van der Waals surface area contributed by atoms with Crippen LogP contribution in [-0.2, 0) is 0 Å². The van der Waals surface area contributed by atoms with E-state index in [2.05, 4.69) is 27.4 Å². The van der Waals surface area contributed by atoms with Gasteiger partial charge in [-0.1, -0.05) is 13.0 Å². The van der Waals surface area contributed by atoms with Gasteiger partial charge in [0.25, 0.3) is 0 Å². The second kappa shape index (κ2) is 9.45. The molecule has 4 heteroatoms. The zero-order valence-corrected chi connectivity index (χ0v) is 11.2. The van der Waals surface area contributed by atoms with Crippen molar-refractivity contribution >= 4 is 0 Å². The predicted octanol–water partition coefficient (Wildman–Crippen LogP) is 0.385. The Morgan fingerprint density at radius 1 is 1.06 bits per heavy atom. The molecule has 1 fully saturated rings. The molecule has 0 atom stereocenters. The van der Waals surface area contributed by atoms with Gasteiger partial charge in [-0.15, -0.1) is 0 Å². The van der Waals surface area contributed by atoms with Crippen molar-refractivity contribution in [1.82, 2.24) is 20.9 Å². The van der Waals surface area contributed by atoms with Crippen molar-refractivity contribution in [2.24, 2.45) is 0 Å². The Hall–Kier alpha value is -0.580. The Bertz CT molecular complexity index is 200. The number of likely N-dealkylation sites (tertiary alicyclic amines) is 1. The van der Waals surface area contributed by atoms with Crippen LogP contribution in [0, 0.1) is 0 Å². The van der Waals surface area contributed by atoms with Gasteiger partial charge < -0.3 is 20.9 Å². The van der Waals surface area contributed by atoms with Crippen LogP contribution < -0.4 is 16.0 Å². The van der Waals surface area contributed by atoms with Gasteiger partial charge in [-0.2, -0.15) is 0 Å². The first-order valence-corrected chi connectivity index (χ1v) is 6.82. The Morgan fingerprint density at radius 3 is 2.47 bits per heavy atom. The lowest BCUT2D eigenvalue weighted by Gasteiger charge is -2.26. The van der Waals surface area contributed by atoms with Crippen LogP contribution in [0.5, 0.6) is 0 Å². The number of hydrogen-bond acceptors (Lipinski definition) is 4. The molecule has 3 N–H and O–H groups in total.